The molecule has 2 aliphatic carbocycles. The molecule has 3 heteroatoms. The zero-order chi connectivity index (χ0) is 30.6. The maximum absolute atomic E-state index is 2.64. The average molecular weight is 619 g/mol. The lowest BCUT2D eigenvalue weighted by molar-refractivity contribution is 0.733. The average Bonchev–Trinajstić information content (AvgIpc) is 3.78. The van der Waals surface area contributed by atoms with Crippen LogP contribution in [0.2, 0.25) is 0 Å². The summed E-state index contributed by atoms with van der Waals surface area (Å²) in [6.45, 7) is 0. The fraction of sp³-hybridized carbons (Fsp3) is 0.0909. The molecule has 6 aromatic carbocycles. The summed E-state index contributed by atoms with van der Waals surface area (Å²) in [6, 6.07) is 45.4. The zero-order valence-corrected chi connectivity index (χ0v) is 26.5. The third kappa shape index (κ3) is 3.44. The Morgan fingerprint density at radius 3 is 2.38 bits per heavy atom. The molecule has 0 fully saturated rings. The Kier molecular flexibility index (Phi) is 5.25. The van der Waals surface area contributed by atoms with E-state index in [1.807, 2.05) is 11.3 Å². The van der Waals surface area contributed by atoms with Crippen LogP contribution in [0.3, 0.4) is 0 Å². The maximum atomic E-state index is 2.64. The molecule has 2 atom stereocenters. The lowest BCUT2D eigenvalue weighted by atomic mass is 9.86. The number of hydrogen-bond acceptors (Lipinski definition) is 2. The molecule has 11 rings (SSSR count). The zero-order valence-electron chi connectivity index (χ0n) is 25.7. The van der Waals surface area contributed by atoms with E-state index in [-0.39, 0.29) is 6.04 Å². The SMILES string of the molecule is C1=Cc2cccc(N3c4ccccc4C4c5sc6c(ccc7c6c6ccccc6n7-c6cccc7ccccc67)c5C=CC43)c2CC1. The molecule has 0 bridgehead atoms. The number of anilines is 2. The molecule has 2 nitrogen and oxygen atoms in total. The molecule has 3 heterocycles. The monoisotopic (exact) mass is 618 g/mol. The van der Waals surface area contributed by atoms with Gasteiger partial charge >= 0.3 is 0 Å². The molecule has 2 unspecified atom stereocenters. The predicted octanol–water partition coefficient (Wildman–Crippen LogP) is 11.8. The van der Waals surface area contributed by atoms with Gasteiger partial charge in [-0.15, -0.1) is 11.3 Å². The van der Waals surface area contributed by atoms with Crippen LogP contribution in [-0.2, 0) is 6.42 Å². The highest BCUT2D eigenvalue weighted by atomic mass is 32.1. The molecular formula is C44H30N2S. The van der Waals surface area contributed by atoms with Crippen molar-refractivity contribution in [2.45, 2.75) is 24.8 Å². The van der Waals surface area contributed by atoms with E-state index in [4.69, 9.17) is 0 Å². The first-order chi connectivity index (χ1) is 23.3. The number of rotatable bonds is 2. The second-order valence-corrected chi connectivity index (χ2v) is 14.2. The van der Waals surface area contributed by atoms with Crippen LogP contribution in [0.4, 0.5) is 11.4 Å². The second-order valence-electron chi connectivity index (χ2n) is 13.1. The molecule has 3 aliphatic rings. The Morgan fingerprint density at radius 2 is 1.40 bits per heavy atom. The van der Waals surface area contributed by atoms with Crippen molar-refractivity contribution in [3.63, 3.8) is 0 Å². The van der Waals surface area contributed by atoms with Crippen molar-refractivity contribution in [3.05, 3.63) is 161 Å². The van der Waals surface area contributed by atoms with Crippen molar-refractivity contribution in [1.29, 1.82) is 0 Å². The quantitative estimate of drug-likeness (QED) is 0.187. The van der Waals surface area contributed by atoms with Gasteiger partial charge in [0.15, 0.2) is 0 Å². The molecule has 0 N–H and O–H groups in total. The topological polar surface area (TPSA) is 8.17 Å². The van der Waals surface area contributed by atoms with Gasteiger partial charge in [0.25, 0.3) is 0 Å². The van der Waals surface area contributed by atoms with E-state index in [0.29, 0.717) is 5.92 Å². The summed E-state index contributed by atoms with van der Waals surface area (Å²) in [5, 5.41) is 6.58. The van der Waals surface area contributed by atoms with Crippen molar-refractivity contribution >= 4 is 77.5 Å². The summed E-state index contributed by atoms with van der Waals surface area (Å²) in [4.78, 5) is 4.13. The Labute approximate surface area is 277 Å². The normalized spacial score (nSPS) is 17.8. The molecule has 1 aliphatic heterocycles. The fourth-order valence-corrected chi connectivity index (χ4v) is 10.3. The van der Waals surface area contributed by atoms with E-state index in [2.05, 4.69) is 155 Å². The summed E-state index contributed by atoms with van der Waals surface area (Å²) in [5.74, 6) is 0.292. The fourth-order valence-electron chi connectivity index (χ4n) is 8.84. The van der Waals surface area contributed by atoms with Gasteiger partial charge in [-0.1, -0.05) is 115 Å². The number of fused-ring (bicyclic) bond motifs is 13. The number of aromatic nitrogens is 1. The lowest BCUT2D eigenvalue weighted by Gasteiger charge is -2.33. The largest absolute Gasteiger partial charge is 0.333 e. The molecular weight excluding hydrogens is 589 g/mol. The summed E-state index contributed by atoms with van der Waals surface area (Å²) in [7, 11) is 0. The lowest BCUT2D eigenvalue weighted by Crippen LogP contribution is -2.31. The van der Waals surface area contributed by atoms with Crippen molar-refractivity contribution in [2.24, 2.45) is 0 Å². The van der Waals surface area contributed by atoms with Crippen LogP contribution in [-0.4, -0.2) is 10.6 Å². The first-order valence-corrected chi connectivity index (χ1v) is 17.5. The Balaban J connectivity index is 1.16. The van der Waals surface area contributed by atoms with Crippen LogP contribution >= 0.6 is 11.3 Å². The van der Waals surface area contributed by atoms with Crippen LogP contribution in [0.25, 0.3) is 60.5 Å². The third-order valence-corrected chi connectivity index (χ3v) is 12.1. The number of nitrogens with zero attached hydrogens (tertiary/aromatic N) is 2. The van der Waals surface area contributed by atoms with Crippen molar-refractivity contribution < 1.29 is 0 Å². The molecule has 2 aromatic heterocycles. The molecule has 47 heavy (non-hydrogen) atoms. The molecule has 0 radical (unpaired) electrons. The van der Waals surface area contributed by atoms with E-state index < -0.39 is 0 Å². The minimum absolute atomic E-state index is 0.248. The Morgan fingerprint density at radius 1 is 0.617 bits per heavy atom. The van der Waals surface area contributed by atoms with Crippen molar-refractivity contribution in [1.82, 2.24) is 4.57 Å². The van der Waals surface area contributed by atoms with E-state index >= 15 is 0 Å². The van der Waals surface area contributed by atoms with E-state index in [1.54, 1.807) is 0 Å². The highest BCUT2D eigenvalue weighted by Gasteiger charge is 2.43. The first-order valence-electron chi connectivity index (χ1n) is 16.7. The summed E-state index contributed by atoms with van der Waals surface area (Å²) in [5.41, 5.74) is 12.1. The van der Waals surface area contributed by atoms with Crippen LogP contribution < -0.4 is 4.90 Å². The Hall–Kier alpha value is -5.38. The summed E-state index contributed by atoms with van der Waals surface area (Å²) < 4.78 is 3.88. The van der Waals surface area contributed by atoms with Crippen molar-refractivity contribution in [3.8, 4) is 5.69 Å². The minimum atomic E-state index is 0.248. The highest BCUT2D eigenvalue weighted by Crippen LogP contribution is 2.56. The number of benzene rings is 6. The van der Waals surface area contributed by atoms with Gasteiger partial charge in [0.2, 0.25) is 0 Å². The third-order valence-electron chi connectivity index (χ3n) is 10.8. The molecule has 222 valence electrons. The molecule has 0 spiro atoms. The molecule has 0 saturated carbocycles. The highest BCUT2D eigenvalue weighted by molar-refractivity contribution is 7.20. The predicted molar refractivity (Wildman–Crippen MR) is 201 cm³/mol. The van der Waals surface area contributed by atoms with Gasteiger partial charge in [0, 0.05) is 48.4 Å². The first kappa shape index (κ1) is 25.8. The summed E-state index contributed by atoms with van der Waals surface area (Å²) in [6.07, 6.45) is 11.7. The smallest absolute Gasteiger partial charge is 0.0643 e. The van der Waals surface area contributed by atoms with Gasteiger partial charge in [0.05, 0.1) is 22.8 Å². The molecule has 0 amide bonds. The Bertz CT molecular complexity index is 2660. The van der Waals surface area contributed by atoms with Crippen LogP contribution in [0.5, 0.6) is 0 Å². The summed E-state index contributed by atoms with van der Waals surface area (Å²) >= 11 is 2.02. The van der Waals surface area contributed by atoms with Gasteiger partial charge in [-0.3, -0.25) is 0 Å². The maximum Gasteiger partial charge on any atom is 0.0643 e. The molecule has 0 saturated heterocycles. The second kappa shape index (κ2) is 9.57. The van der Waals surface area contributed by atoms with E-state index in [1.165, 1.54) is 86.9 Å². The van der Waals surface area contributed by atoms with Crippen LogP contribution in [0.15, 0.2) is 133 Å². The number of para-hydroxylation sites is 2. The standard InChI is InChI=1S/C44H30N2S/c1-3-15-29-27(11-1)13-9-21-35(29)45-37-19-7-5-17-33(37)41-39(45)25-23-31-32-24-26-40-42(44(32)47-43(31)41)34-18-6-8-20-38(34)46(40)36-22-10-14-28-12-2-4-16-30(28)36/h1-3,5-15,17-26,40,42H,4,16H2. The number of thiophene rings is 1. The van der Waals surface area contributed by atoms with Crippen LogP contribution in [0.1, 0.15) is 39.5 Å². The van der Waals surface area contributed by atoms with E-state index in [9.17, 15) is 0 Å². The van der Waals surface area contributed by atoms with Gasteiger partial charge in [-0.05, 0) is 70.8 Å². The van der Waals surface area contributed by atoms with E-state index in [0.717, 1.165) is 12.8 Å². The van der Waals surface area contributed by atoms with Gasteiger partial charge in [-0.2, -0.15) is 0 Å². The number of allylic oxidation sites excluding steroid dienone is 1. The number of hydrogen-bond donors (Lipinski definition) is 0. The molecule has 8 aromatic rings. The van der Waals surface area contributed by atoms with Gasteiger partial charge in [-0.25, -0.2) is 0 Å². The van der Waals surface area contributed by atoms with Gasteiger partial charge in [0.1, 0.15) is 0 Å². The minimum Gasteiger partial charge on any atom is -0.333 e. The van der Waals surface area contributed by atoms with Crippen LogP contribution in [0, 0.1) is 0 Å². The van der Waals surface area contributed by atoms with Gasteiger partial charge < -0.3 is 9.47 Å². The van der Waals surface area contributed by atoms with Crippen molar-refractivity contribution in [2.75, 3.05) is 4.90 Å².